The molecule has 1 N–H and O–H groups in total. The second kappa shape index (κ2) is 6.14. The van der Waals surface area contributed by atoms with Crippen molar-refractivity contribution in [3.05, 3.63) is 62.6 Å². The fourth-order valence-electron chi connectivity index (χ4n) is 1.37. The van der Waals surface area contributed by atoms with Gasteiger partial charge in [0, 0.05) is 5.56 Å². The number of furan rings is 1. The topological polar surface area (TPSA) is 97.7 Å². The largest absolute Gasteiger partial charge is 0.433 e. The number of rotatable bonds is 4. The molecule has 2 aromatic rings. The van der Waals surface area contributed by atoms with Gasteiger partial charge in [0.1, 0.15) is 10.7 Å². The van der Waals surface area contributed by atoms with E-state index in [1.165, 1.54) is 12.1 Å². The molecule has 0 radical (unpaired) electrons. The second-order valence-corrected chi connectivity index (χ2v) is 4.17. The van der Waals surface area contributed by atoms with Gasteiger partial charge in [-0.05, 0) is 24.3 Å². The molecule has 0 bridgehead atoms. The summed E-state index contributed by atoms with van der Waals surface area (Å²) in [6.07, 6.45) is 1.09. The van der Waals surface area contributed by atoms with E-state index in [9.17, 15) is 19.3 Å². The average Bonchev–Trinajstić information content (AvgIpc) is 2.91. The maximum atomic E-state index is 12.9. The first-order valence-electron chi connectivity index (χ1n) is 5.50. The highest BCUT2D eigenvalue weighted by molar-refractivity contribution is 6.31. The predicted molar refractivity (Wildman–Crippen MR) is 71.8 cm³/mol. The number of carbonyl (C=O) groups is 1. The van der Waals surface area contributed by atoms with Crippen molar-refractivity contribution in [2.24, 2.45) is 5.10 Å². The monoisotopic (exact) mass is 311 g/mol. The van der Waals surface area contributed by atoms with Gasteiger partial charge in [0.05, 0.1) is 17.3 Å². The first kappa shape index (κ1) is 14.7. The number of halogens is 2. The van der Waals surface area contributed by atoms with Crippen LogP contribution < -0.4 is 5.43 Å². The molecule has 108 valence electrons. The minimum absolute atomic E-state index is 0.0964. The number of hydrogen-bond acceptors (Lipinski definition) is 5. The minimum atomic E-state index is -0.698. The van der Waals surface area contributed by atoms with E-state index in [4.69, 9.17) is 16.0 Å². The van der Waals surface area contributed by atoms with Crippen LogP contribution in [0.5, 0.6) is 0 Å². The van der Waals surface area contributed by atoms with E-state index in [1.807, 2.05) is 0 Å². The standard InChI is InChI=1S/C12H7ClFN3O4/c13-9-5-7(1-3-10(9)14)12(18)16-15-6-8-2-4-11(21-8)17(19)20/h1-6H,(H,16,18)/b15-6-. The molecular weight excluding hydrogens is 305 g/mol. The molecule has 0 aliphatic rings. The Morgan fingerprint density at radius 2 is 2.19 bits per heavy atom. The lowest BCUT2D eigenvalue weighted by atomic mass is 10.2. The Balaban J connectivity index is 2.01. The van der Waals surface area contributed by atoms with Crippen molar-refractivity contribution < 1.29 is 18.5 Å². The van der Waals surface area contributed by atoms with Crippen LogP contribution in [0, 0.1) is 15.9 Å². The van der Waals surface area contributed by atoms with E-state index in [0.29, 0.717) is 0 Å². The minimum Gasteiger partial charge on any atom is -0.400 e. The summed E-state index contributed by atoms with van der Waals surface area (Å²) in [5.74, 6) is -1.60. The van der Waals surface area contributed by atoms with Gasteiger partial charge in [-0.3, -0.25) is 14.9 Å². The highest BCUT2D eigenvalue weighted by Crippen LogP contribution is 2.16. The fourth-order valence-corrected chi connectivity index (χ4v) is 1.55. The molecule has 0 spiro atoms. The van der Waals surface area contributed by atoms with Crippen molar-refractivity contribution in [1.82, 2.24) is 5.43 Å². The number of carbonyl (C=O) groups excluding carboxylic acids is 1. The van der Waals surface area contributed by atoms with Gasteiger partial charge in [-0.15, -0.1) is 0 Å². The Kier molecular flexibility index (Phi) is 4.29. The Labute approximate surface area is 122 Å². The molecule has 9 heteroatoms. The van der Waals surface area contributed by atoms with Crippen molar-refractivity contribution in [2.75, 3.05) is 0 Å². The number of nitrogens with zero attached hydrogens (tertiary/aromatic N) is 2. The van der Waals surface area contributed by atoms with Crippen molar-refractivity contribution >= 4 is 29.6 Å². The van der Waals surface area contributed by atoms with Crippen LogP contribution in [0.2, 0.25) is 5.02 Å². The molecule has 0 atom stereocenters. The Morgan fingerprint density at radius 1 is 1.43 bits per heavy atom. The lowest BCUT2D eigenvalue weighted by molar-refractivity contribution is -0.402. The van der Waals surface area contributed by atoms with Gasteiger partial charge in [0.15, 0.2) is 5.76 Å². The summed E-state index contributed by atoms with van der Waals surface area (Å²) in [4.78, 5) is 21.4. The molecule has 7 nitrogen and oxygen atoms in total. The molecule has 0 unspecified atom stereocenters. The van der Waals surface area contributed by atoms with Gasteiger partial charge < -0.3 is 4.42 Å². The van der Waals surface area contributed by atoms with Crippen molar-refractivity contribution in [1.29, 1.82) is 0 Å². The maximum absolute atomic E-state index is 12.9. The van der Waals surface area contributed by atoms with Gasteiger partial charge in [-0.2, -0.15) is 5.10 Å². The van der Waals surface area contributed by atoms with E-state index >= 15 is 0 Å². The number of benzene rings is 1. The van der Waals surface area contributed by atoms with Crippen molar-refractivity contribution in [3.8, 4) is 0 Å². The molecule has 0 saturated carbocycles. The molecular formula is C12H7ClFN3O4. The third-order valence-corrected chi connectivity index (χ3v) is 2.62. The fraction of sp³-hybridized carbons (Fsp3) is 0. The van der Waals surface area contributed by atoms with Crippen molar-refractivity contribution in [2.45, 2.75) is 0 Å². The molecule has 2 rings (SSSR count). The molecule has 1 amide bonds. The zero-order valence-electron chi connectivity index (χ0n) is 10.2. The van der Waals surface area contributed by atoms with Crippen LogP contribution in [0.15, 0.2) is 39.9 Å². The summed E-state index contributed by atoms with van der Waals surface area (Å²) in [6, 6.07) is 5.92. The maximum Gasteiger partial charge on any atom is 0.433 e. The summed E-state index contributed by atoms with van der Waals surface area (Å²) in [5.41, 5.74) is 2.27. The second-order valence-electron chi connectivity index (χ2n) is 3.76. The van der Waals surface area contributed by atoms with E-state index in [2.05, 4.69) is 10.5 Å². The lowest BCUT2D eigenvalue weighted by Crippen LogP contribution is -2.17. The molecule has 0 aliphatic carbocycles. The first-order valence-corrected chi connectivity index (χ1v) is 5.88. The third kappa shape index (κ3) is 3.63. The Bertz CT molecular complexity index is 729. The van der Waals surface area contributed by atoms with Crippen LogP contribution in [0.1, 0.15) is 16.1 Å². The van der Waals surface area contributed by atoms with E-state index in [0.717, 1.165) is 24.4 Å². The van der Waals surface area contributed by atoms with Crippen LogP contribution >= 0.6 is 11.6 Å². The Hall–Kier alpha value is -2.74. The summed E-state index contributed by atoms with van der Waals surface area (Å²) in [5, 5.41) is 13.8. The number of nitrogens with one attached hydrogen (secondary N) is 1. The van der Waals surface area contributed by atoms with E-state index in [-0.39, 0.29) is 16.3 Å². The van der Waals surface area contributed by atoms with Gasteiger partial charge in [-0.25, -0.2) is 9.82 Å². The zero-order valence-corrected chi connectivity index (χ0v) is 11.0. The molecule has 0 aliphatic heterocycles. The summed E-state index contributed by atoms with van der Waals surface area (Å²) in [6.45, 7) is 0. The third-order valence-electron chi connectivity index (χ3n) is 2.33. The number of hydrogen-bond donors (Lipinski definition) is 1. The van der Waals surface area contributed by atoms with Gasteiger partial charge in [0.2, 0.25) is 0 Å². The molecule has 1 aromatic carbocycles. The normalized spacial score (nSPS) is 10.8. The van der Waals surface area contributed by atoms with Crippen LogP contribution in [0.4, 0.5) is 10.3 Å². The summed E-state index contributed by atoms with van der Waals surface area (Å²) < 4.78 is 17.7. The highest BCUT2D eigenvalue weighted by Gasteiger charge is 2.11. The molecule has 1 heterocycles. The van der Waals surface area contributed by atoms with Crippen LogP contribution in [-0.2, 0) is 0 Å². The predicted octanol–water partition coefficient (Wildman–Crippen LogP) is 2.74. The lowest BCUT2D eigenvalue weighted by Gasteiger charge is -2.00. The molecule has 0 saturated heterocycles. The van der Waals surface area contributed by atoms with E-state index < -0.39 is 22.5 Å². The molecule has 21 heavy (non-hydrogen) atoms. The Morgan fingerprint density at radius 3 is 2.81 bits per heavy atom. The summed E-state index contributed by atoms with van der Waals surface area (Å²) in [7, 11) is 0. The SMILES string of the molecule is O=C(N/N=C\c1ccc([N+](=O)[O-])o1)c1ccc(F)c(Cl)c1. The summed E-state index contributed by atoms with van der Waals surface area (Å²) >= 11 is 5.55. The van der Waals surface area contributed by atoms with Gasteiger partial charge in [0.25, 0.3) is 5.91 Å². The first-order chi connectivity index (χ1) is 9.97. The van der Waals surface area contributed by atoms with Gasteiger partial charge >= 0.3 is 5.88 Å². The molecule has 1 aromatic heterocycles. The number of hydrazone groups is 1. The van der Waals surface area contributed by atoms with Crippen LogP contribution in [-0.4, -0.2) is 17.0 Å². The van der Waals surface area contributed by atoms with Gasteiger partial charge in [-0.1, -0.05) is 11.6 Å². The van der Waals surface area contributed by atoms with Crippen LogP contribution in [0.25, 0.3) is 0 Å². The van der Waals surface area contributed by atoms with E-state index in [1.54, 1.807) is 0 Å². The molecule has 0 fully saturated rings. The quantitative estimate of drug-likeness (QED) is 0.533. The smallest absolute Gasteiger partial charge is 0.400 e. The highest BCUT2D eigenvalue weighted by atomic mass is 35.5. The zero-order chi connectivity index (χ0) is 15.4. The van der Waals surface area contributed by atoms with Crippen LogP contribution in [0.3, 0.4) is 0 Å². The number of amides is 1. The van der Waals surface area contributed by atoms with Crippen molar-refractivity contribution in [3.63, 3.8) is 0 Å². The number of nitro groups is 1. The average molecular weight is 312 g/mol.